The average molecular weight is 969 g/mol. The fraction of sp³-hybridized carbons (Fsp3) is 0.143. The van der Waals surface area contributed by atoms with E-state index in [2.05, 4.69) is 288 Å². The molecular weight excluding hydrogens is 908 g/mol. The lowest BCUT2D eigenvalue weighted by atomic mass is 9.33. The molecule has 0 amide bonds. The Hall–Kier alpha value is -8.54. The van der Waals surface area contributed by atoms with Crippen molar-refractivity contribution in [2.45, 2.75) is 67.7 Å². The van der Waals surface area contributed by atoms with Gasteiger partial charge in [-0.1, -0.05) is 168 Å². The lowest BCUT2D eigenvalue weighted by Crippen LogP contribution is -2.62. The summed E-state index contributed by atoms with van der Waals surface area (Å²) < 4.78 is 0. The van der Waals surface area contributed by atoms with Crippen molar-refractivity contribution in [3.63, 3.8) is 0 Å². The average Bonchev–Trinajstić information content (AvgIpc) is 3.66. The monoisotopic (exact) mass is 968 g/mol. The van der Waals surface area contributed by atoms with E-state index in [9.17, 15) is 0 Å². The molecule has 0 N–H and O–H groups in total. The van der Waals surface area contributed by atoms with E-state index in [1.165, 1.54) is 100 Å². The van der Waals surface area contributed by atoms with Gasteiger partial charge >= 0.3 is 0 Å². The highest BCUT2D eigenvalue weighted by molar-refractivity contribution is 7.00. The molecule has 0 aromatic heterocycles. The first-order valence-electron chi connectivity index (χ1n) is 26.5. The molecule has 1 aliphatic carbocycles. The third-order valence-corrected chi connectivity index (χ3v) is 16.2. The molecule has 13 rings (SSSR count). The molecule has 0 fully saturated rings. The van der Waals surface area contributed by atoms with Crippen molar-refractivity contribution < 1.29 is 0 Å². The molecule has 5 heteroatoms. The zero-order valence-corrected chi connectivity index (χ0v) is 44.5. The van der Waals surface area contributed by atoms with E-state index in [-0.39, 0.29) is 12.1 Å². The maximum Gasteiger partial charge on any atom is 0.252 e. The van der Waals surface area contributed by atoms with Crippen molar-refractivity contribution in [2.24, 2.45) is 0 Å². The van der Waals surface area contributed by atoms with E-state index in [0.717, 1.165) is 45.5 Å². The van der Waals surface area contributed by atoms with Crippen molar-refractivity contribution in [3.8, 4) is 11.1 Å². The van der Waals surface area contributed by atoms with Gasteiger partial charge in [-0.15, -0.1) is 0 Å². The minimum atomic E-state index is -0.301. The molecule has 0 saturated heterocycles. The predicted octanol–water partition coefficient (Wildman–Crippen LogP) is 17.2. The zero-order valence-electron chi connectivity index (χ0n) is 44.5. The first kappa shape index (κ1) is 46.3. The van der Waals surface area contributed by atoms with Crippen molar-refractivity contribution in [3.05, 3.63) is 256 Å². The van der Waals surface area contributed by atoms with Crippen LogP contribution in [0.5, 0.6) is 0 Å². The van der Waals surface area contributed by atoms with Crippen LogP contribution in [0, 0.1) is 48.5 Å². The number of anilines is 12. The van der Waals surface area contributed by atoms with E-state index >= 15 is 0 Å². The second kappa shape index (κ2) is 17.6. The largest absolute Gasteiger partial charge is 0.311 e. The van der Waals surface area contributed by atoms with E-state index in [4.69, 9.17) is 0 Å². The van der Waals surface area contributed by atoms with E-state index in [1.54, 1.807) is 0 Å². The number of fused-ring (bicyclic) bond motifs is 7. The van der Waals surface area contributed by atoms with Crippen molar-refractivity contribution >= 4 is 91.3 Å². The van der Waals surface area contributed by atoms with Gasteiger partial charge in [0, 0.05) is 62.2 Å². The quantitative estimate of drug-likeness (QED) is 0.141. The van der Waals surface area contributed by atoms with Crippen LogP contribution in [0.2, 0.25) is 0 Å². The fourth-order valence-electron chi connectivity index (χ4n) is 12.3. The lowest BCUT2D eigenvalue weighted by molar-refractivity contribution is 0.661. The number of hydrogen-bond donors (Lipinski definition) is 0. The highest BCUT2D eigenvalue weighted by atomic mass is 15.2. The molecule has 2 aliphatic heterocycles. The van der Waals surface area contributed by atoms with Gasteiger partial charge in [0.25, 0.3) is 6.71 Å². The number of aryl methyl sites for hydroxylation is 7. The maximum absolute atomic E-state index is 2.64. The molecule has 10 aromatic rings. The van der Waals surface area contributed by atoms with Crippen LogP contribution in [0.4, 0.5) is 68.2 Å². The molecule has 0 radical (unpaired) electrons. The molecule has 4 nitrogen and oxygen atoms in total. The highest BCUT2D eigenvalue weighted by Crippen LogP contribution is 2.60. The zero-order chi connectivity index (χ0) is 51.4. The summed E-state index contributed by atoms with van der Waals surface area (Å²) in [6.45, 7) is 20.1. The third-order valence-electron chi connectivity index (χ3n) is 16.2. The minimum absolute atomic E-state index is 0.133. The Morgan fingerprint density at radius 2 is 0.787 bits per heavy atom. The molecule has 0 atom stereocenters. The molecule has 3 aliphatic rings. The first-order chi connectivity index (χ1) is 36.3. The van der Waals surface area contributed by atoms with E-state index in [0.29, 0.717) is 0 Å². The van der Waals surface area contributed by atoms with Gasteiger partial charge in [0.1, 0.15) is 0 Å². The molecule has 10 aromatic carbocycles. The Morgan fingerprint density at radius 3 is 1.29 bits per heavy atom. The third kappa shape index (κ3) is 7.50. The Balaban J connectivity index is 1.24. The molecule has 2 heterocycles. The van der Waals surface area contributed by atoms with Crippen LogP contribution in [0.25, 0.3) is 11.1 Å². The molecule has 0 unspecified atom stereocenters. The number of benzene rings is 10. The summed E-state index contributed by atoms with van der Waals surface area (Å²) in [5, 5.41) is 0. The maximum atomic E-state index is 2.64. The van der Waals surface area contributed by atoms with Gasteiger partial charge < -0.3 is 19.6 Å². The van der Waals surface area contributed by atoms with Gasteiger partial charge in [-0.05, 0) is 173 Å². The summed E-state index contributed by atoms with van der Waals surface area (Å²) in [4.78, 5) is 10.2. The first-order valence-corrected chi connectivity index (χ1v) is 26.5. The van der Waals surface area contributed by atoms with Crippen molar-refractivity contribution in [1.82, 2.24) is 0 Å². The van der Waals surface area contributed by atoms with Gasteiger partial charge in [0.15, 0.2) is 0 Å². The van der Waals surface area contributed by atoms with Crippen LogP contribution in [-0.4, -0.2) is 6.71 Å². The molecular formula is C70H61BN4. The van der Waals surface area contributed by atoms with Gasteiger partial charge in [-0.25, -0.2) is 0 Å². The normalized spacial score (nSPS) is 13.4. The van der Waals surface area contributed by atoms with Crippen LogP contribution in [0.3, 0.4) is 0 Å². The van der Waals surface area contributed by atoms with Crippen LogP contribution < -0.4 is 36.0 Å². The van der Waals surface area contributed by atoms with Gasteiger partial charge in [0.2, 0.25) is 0 Å². The summed E-state index contributed by atoms with van der Waals surface area (Å²) >= 11 is 0. The van der Waals surface area contributed by atoms with Crippen LogP contribution in [-0.2, 0) is 5.41 Å². The van der Waals surface area contributed by atoms with Crippen molar-refractivity contribution in [2.75, 3.05) is 19.6 Å². The topological polar surface area (TPSA) is 13.0 Å². The summed E-state index contributed by atoms with van der Waals surface area (Å²) in [5.41, 5.74) is 31.0. The Labute approximate surface area is 443 Å². The molecule has 364 valence electrons. The summed E-state index contributed by atoms with van der Waals surface area (Å²) in [5.74, 6) is 0. The summed E-state index contributed by atoms with van der Waals surface area (Å²) in [7, 11) is 0. The van der Waals surface area contributed by atoms with Crippen LogP contribution in [0.1, 0.15) is 63.9 Å². The summed E-state index contributed by atoms with van der Waals surface area (Å²) in [6.07, 6.45) is 0. The molecule has 75 heavy (non-hydrogen) atoms. The van der Waals surface area contributed by atoms with Crippen molar-refractivity contribution in [1.29, 1.82) is 0 Å². The Bertz CT molecular complexity index is 3770. The highest BCUT2D eigenvalue weighted by Gasteiger charge is 2.49. The fourth-order valence-corrected chi connectivity index (χ4v) is 12.3. The van der Waals surface area contributed by atoms with Crippen LogP contribution >= 0.6 is 0 Å². The van der Waals surface area contributed by atoms with Crippen LogP contribution in [0.15, 0.2) is 206 Å². The van der Waals surface area contributed by atoms with Gasteiger partial charge in [-0.3, -0.25) is 0 Å². The Morgan fingerprint density at radius 1 is 0.360 bits per heavy atom. The minimum Gasteiger partial charge on any atom is -0.311 e. The predicted molar refractivity (Wildman–Crippen MR) is 321 cm³/mol. The van der Waals surface area contributed by atoms with E-state index in [1.807, 2.05) is 0 Å². The second-order valence-corrected chi connectivity index (χ2v) is 22.0. The standard InChI is InChI=1S/C70H61BN4/c1-44-14-27-51(28-15-44)72(52-29-16-45(2)17-30-52)57-41-64-67-65(42-57)75(56-37-24-49(6)25-38-56)68-62(71(67)61-40-50(7)26-39-63(61)74(64)55-35-22-48(5)23-36-55)43-60-66(58-12-10-11-13-59(58)70(60,8)9)69(68)73(53-31-18-46(3)19-32-53)54-33-20-47(4)21-34-54/h10-43H,1-9H3. The smallest absolute Gasteiger partial charge is 0.252 e. The number of hydrogen-bond acceptors (Lipinski definition) is 4. The van der Waals surface area contributed by atoms with Gasteiger partial charge in [-0.2, -0.15) is 0 Å². The van der Waals surface area contributed by atoms with E-state index < -0.39 is 0 Å². The number of rotatable bonds is 8. The number of nitrogens with zero attached hydrogens (tertiary/aromatic N) is 4. The lowest BCUT2D eigenvalue weighted by Gasteiger charge is -2.47. The van der Waals surface area contributed by atoms with Gasteiger partial charge in [0.05, 0.1) is 17.1 Å². The molecule has 0 bridgehead atoms. The Kier molecular flexibility index (Phi) is 10.8. The SMILES string of the molecule is Cc1ccc(N(c2ccc(C)cc2)c2cc3c4c(c2)N(c2ccc(C)cc2)c2c(cc5c(c2N(c2ccc(C)cc2)c2ccc(C)cc2)-c2ccccc2C5(C)C)B4c2cc(C)ccc2N3c2ccc(C)cc2)cc1. The molecule has 0 saturated carbocycles. The molecule has 0 spiro atoms. The summed E-state index contributed by atoms with van der Waals surface area (Å²) in [6, 6.07) is 78.6. The second-order valence-electron chi connectivity index (χ2n) is 22.0.